The Morgan fingerprint density at radius 3 is 2.69 bits per heavy atom. The Hall–Kier alpha value is -0.570. The molecule has 0 aromatic rings. The third kappa shape index (κ3) is 2.44. The maximum Gasteiger partial charge on any atom is 0.338 e. The Bertz CT molecular complexity index is 200. The predicted octanol–water partition coefficient (Wildman–Crippen LogP) is 1.75. The molecule has 0 aromatic heterocycles. The van der Waals surface area contributed by atoms with Gasteiger partial charge in [0, 0.05) is 0 Å². The van der Waals surface area contributed by atoms with E-state index >= 15 is 0 Å². The largest absolute Gasteiger partial charge is 0.464 e. The molecule has 3 heteroatoms. The zero-order valence-corrected chi connectivity index (χ0v) is 8.79. The summed E-state index contributed by atoms with van der Waals surface area (Å²) >= 11 is 0. The second kappa shape index (κ2) is 3.66. The molecule has 0 spiro atoms. The quantitative estimate of drug-likeness (QED) is 0.496. The first-order chi connectivity index (χ1) is 5.99. The van der Waals surface area contributed by atoms with Gasteiger partial charge in [-0.3, -0.25) is 0 Å². The van der Waals surface area contributed by atoms with Gasteiger partial charge >= 0.3 is 5.97 Å². The SMILES string of the molecule is CCOC(=O)C1OC1(C)CC(C)C. The Morgan fingerprint density at radius 2 is 2.23 bits per heavy atom. The van der Waals surface area contributed by atoms with Crippen molar-refractivity contribution < 1.29 is 14.3 Å². The molecule has 0 aliphatic carbocycles. The van der Waals surface area contributed by atoms with Gasteiger partial charge in [0.2, 0.25) is 0 Å². The van der Waals surface area contributed by atoms with Crippen LogP contribution in [0, 0.1) is 5.92 Å². The Balaban J connectivity index is 2.38. The number of rotatable bonds is 4. The first-order valence-electron chi connectivity index (χ1n) is 4.84. The van der Waals surface area contributed by atoms with Crippen LogP contribution in [-0.4, -0.2) is 24.3 Å². The lowest BCUT2D eigenvalue weighted by Gasteiger charge is -2.08. The molecule has 1 rings (SSSR count). The standard InChI is InChI=1S/C10H18O3/c1-5-12-9(11)8-10(4,13-8)6-7(2)3/h7-8H,5-6H2,1-4H3. The average molecular weight is 186 g/mol. The summed E-state index contributed by atoms with van der Waals surface area (Å²) in [4.78, 5) is 11.3. The fraction of sp³-hybridized carbons (Fsp3) is 0.900. The lowest BCUT2D eigenvalue weighted by molar-refractivity contribution is -0.144. The smallest absolute Gasteiger partial charge is 0.338 e. The van der Waals surface area contributed by atoms with Crippen LogP contribution < -0.4 is 0 Å². The topological polar surface area (TPSA) is 38.8 Å². The van der Waals surface area contributed by atoms with Crippen LogP contribution in [0.3, 0.4) is 0 Å². The van der Waals surface area contributed by atoms with Gasteiger partial charge in [0.1, 0.15) is 5.60 Å². The number of carbonyl (C=O) groups is 1. The van der Waals surface area contributed by atoms with Crippen molar-refractivity contribution in [3.63, 3.8) is 0 Å². The van der Waals surface area contributed by atoms with Crippen molar-refractivity contribution in [2.75, 3.05) is 6.61 Å². The monoisotopic (exact) mass is 186 g/mol. The molecule has 1 aliphatic rings. The fourth-order valence-electron chi connectivity index (χ4n) is 1.72. The summed E-state index contributed by atoms with van der Waals surface area (Å²) < 4.78 is 10.2. The van der Waals surface area contributed by atoms with E-state index in [1.807, 2.05) is 6.92 Å². The van der Waals surface area contributed by atoms with Crippen LogP contribution in [0.2, 0.25) is 0 Å². The summed E-state index contributed by atoms with van der Waals surface area (Å²) in [5.41, 5.74) is -0.263. The van der Waals surface area contributed by atoms with Crippen molar-refractivity contribution in [2.45, 2.75) is 45.8 Å². The van der Waals surface area contributed by atoms with E-state index in [0.717, 1.165) is 6.42 Å². The van der Waals surface area contributed by atoms with E-state index in [2.05, 4.69) is 13.8 Å². The molecule has 76 valence electrons. The van der Waals surface area contributed by atoms with Gasteiger partial charge in [-0.05, 0) is 26.2 Å². The highest BCUT2D eigenvalue weighted by Gasteiger charge is 2.57. The molecule has 0 bridgehead atoms. The Labute approximate surface area is 79.4 Å². The predicted molar refractivity (Wildman–Crippen MR) is 49.4 cm³/mol. The van der Waals surface area contributed by atoms with Crippen molar-refractivity contribution in [1.29, 1.82) is 0 Å². The first-order valence-corrected chi connectivity index (χ1v) is 4.84. The van der Waals surface area contributed by atoms with E-state index < -0.39 is 0 Å². The van der Waals surface area contributed by atoms with Crippen LogP contribution in [0.15, 0.2) is 0 Å². The van der Waals surface area contributed by atoms with Crippen molar-refractivity contribution in [1.82, 2.24) is 0 Å². The molecule has 0 aromatic carbocycles. The maximum absolute atomic E-state index is 11.3. The summed E-state index contributed by atoms with van der Waals surface area (Å²) in [6.07, 6.45) is 0.589. The third-order valence-corrected chi connectivity index (χ3v) is 2.20. The molecule has 1 aliphatic heterocycles. The van der Waals surface area contributed by atoms with Crippen molar-refractivity contribution in [2.24, 2.45) is 5.92 Å². The molecule has 1 fully saturated rings. The van der Waals surface area contributed by atoms with E-state index in [-0.39, 0.29) is 17.7 Å². The van der Waals surface area contributed by atoms with Gasteiger partial charge < -0.3 is 9.47 Å². The van der Waals surface area contributed by atoms with Gasteiger partial charge in [0.15, 0.2) is 6.10 Å². The zero-order chi connectivity index (χ0) is 10.1. The van der Waals surface area contributed by atoms with Gasteiger partial charge in [-0.15, -0.1) is 0 Å². The Kier molecular flexibility index (Phi) is 2.96. The summed E-state index contributed by atoms with van der Waals surface area (Å²) in [6.45, 7) is 8.44. The minimum absolute atomic E-state index is 0.217. The summed E-state index contributed by atoms with van der Waals surface area (Å²) in [6, 6.07) is 0. The van der Waals surface area contributed by atoms with Crippen LogP contribution >= 0.6 is 0 Å². The summed E-state index contributed by atoms with van der Waals surface area (Å²) in [7, 11) is 0. The minimum atomic E-state index is -0.324. The zero-order valence-electron chi connectivity index (χ0n) is 8.79. The highest BCUT2D eigenvalue weighted by atomic mass is 16.7. The van der Waals surface area contributed by atoms with Gasteiger partial charge in [-0.1, -0.05) is 13.8 Å². The number of hydrogen-bond donors (Lipinski definition) is 0. The van der Waals surface area contributed by atoms with Crippen LogP contribution in [0.1, 0.15) is 34.1 Å². The normalized spacial score (nSPS) is 31.9. The lowest BCUT2D eigenvalue weighted by Crippen LogP contribution is -2.21. The molecule has 3 nitrogen and oxygen atoms in total. The number of ether oxygens (including phenoxy) is 2. The van der Waals surface area contributed by atoms with Gasteiger partial charge in [-0.25, -0.2) is 4.79 Å². The molecule has 2 unspecified atom stereocenters. The van der Waals surface area contributed by atoms with Gasteiger partial charge in [0.25, 0.3) is 0 Å². The van der Waals surface area contributed by atoms with Gasteiger partial charge in [0.05, 0.1) is 6.61 Å². The molecule has 1 heterocycles. The number of carbonyl (C=O) groups excluding carboxylic acids is 1. The van der Waals surface area contributed by atoms with E-state index in [1.54, 1.807) is 6.92 Å². The van der Waals surface area contributed by atoms with E-state index in [1.165, 1.54) is 0 Å². The highest BCUT2D eigenvalue weighted by Crippen LogP contribution is 2.42. The van der Waals surface area contributed by atoms with E-state index in [0.29, 0.717) is 12.5 Å². The molecular weight excluding hydrogens is 168 g/mol. The highest BCUT2D eigenvalue weighted by molar-refractivity contribution is 5.79. The summed E-state index contributed by atoms with van der Waals surface area (Å²) in [5.74, 6) is 0.329. The molecule has 1 saturated heterocycles. The van der Waals surface area contributed by atoms with Crippen molar-refractivity contribution >= 4 is 5.97 Å². The summed E-state index contributed by atoms with van der Waals surface area (Å²) in [5, 5.41) is 0. The van der Waals surface area contributed by atoms with Crippen molar-refractivity contribution in [3.8, 4) is 0 Å². The average Bonchev–Trinajstić information content (AvgIpc) is 2.60. The molecular formula is C10H18O3. The maximum atomic E-state index is 11.3. The van der Waals surface area contributed by atoms with E-state index in [9.17, 15) is 4.79 Å². The third-order valence-electron chi connectivity index (χ3n) is 2.20. The fourth-order valence-corrected chi connectivity index (χ4v) is 1.72. The minimum Gasteiger partial charge on any atom is -0.464 e. The molecule has 0 amide bonds. The van der Waals surface area contributed by atoms with Crippen molar-refractivity contribution in [3.05, 3.63) is 0 Å². The number of epoxide rings is 1. The first kappa shape index (κ1) is 10.5. The second-order valence-electron chi connectivity index (χ2n) is 4.16. The van der Waals surface area contributed by atoms with Crippen LogP contribution in [-0.2, 0) is 14.3 Å². The van der Waals surface area contributed by atoms with E-state index in [4.69, 9.17) is 9.47 Å². The second-order valence-corrected chi connectivity index (χ2v) is 4.16. The molecule has 0 N–H and O–H groups in total. The molecule has 13 heavy (non-hydrogen) atoms. The molecule has 0 radical (unpaired) electrons. The van der Waals surface area contributed by atoms with Crippen LogP contribution in [0.4, 0.5) is 0 Å². The Morgan fingerprint density at radius 1 is 1.62 bits per heavy atom. The molecule has 0 saturated carbocycles. The number of hydrogen-bond acceptors (Lipinski definition) is 3. The number of esters is 1. The van der Waals surface area contributed by atoms with Gasteiger partial charge in [-0.2, -0.15) is 0 Å². The van der Waals surface area contributed by atoms with Crippen LogP contribution in [0.25, 0.3) is 0 Å². The van der Waals surface area contributed by atoms with Crippen LogP contribution in [0.5, 0.6) is 0 Å². The lowest BCUT2D eigenvalue weighted by atomic mass is 9.96. The molecule has 2 atom stereocenters.